The molecule has 1 aromatic carbocycles. The first-order valence-electron chi connectivity index (χ1n) is 12.3. The van der Waals surface area contributed by atoms with Crippen LogP contribution in [0.15, 0.2) is 29.3 Å². The summed E-state index contributed by atoms with van der Waals surface area (Å²) < 4.78 is 11.2. The number of nitrogens with one attached hydrogen (secondary N) is 1. The molecule has 2 unspecified atom stereocenters. The Hall–Kier alpha value is -1.39. The number of para-hydroxylation sites is 1. The zero-order valence-electron chi connectivity index (χ0n) is 19.8. The third kappa shape index (κ3) is 7.05. The van der Waals surface area contributed by atoms with Gasteiger partial charge in [-0.05, 0) is 44.2 Å². The van der Waals surface area contributed by atoms with Crippen LogP contribution in [0.1, 0.15) is 50.5 Å². The average Bonchev–Trinajstić information content (AvgIpc) is 3.55. The Bertz CT molecular complexity index is 785. The van der Waals surface area contributed by atoms with Crippen LogP contribution in [0.4, 0.5) is 5.69 Å². The Balaban J connectivity index is 0.00000306. The second kappa shape index (κ2) is 13.5. The van der Waals surface area contributed by atoms with Crippen molar-refractivity contribution in [3.8, 4) is 0 Å². The summed E-state index contributed by atoms with van der Waals surface area (Å²) in [5, 5.41) is 3.48. The molecule has 184 valence electrons. The first-order valence-corrected chi connectivity index (χ1v) is 12.3. The Labute approximate surface area is 215 Å². The first-order chi connectivity index (χ1) is 15.8. The molecule has 8 heteroatoms. The van der Waals surface area contributed by atoms with E-state index in [4.69, 9.17) is 14.5 Å². The number of hydrogen-bond acceptors (Lipinski definition) is 4. The smallest absolute Gasteiger partial charge is 0.222 e. The average molecular weight is 571 g/mol. The van der Waals surface area contributed by atoms with Gasteiger partial charge in [0, 0.05) is 69.9 Å². The van der Waals surface area contributed by atoms with Crippen LogP contribution in [-0.4, -0.2) is 75.9 Å². The van der Waals surface area contributed by atoms with Crippen molar-refractivity contribution < 1.29 is 14.3 Å². The molecule has 1 N–H and O–H groups in total. The molecular weight excluding hydrogens is 531 g/mol. The van der Waals surface area contributed by atoms with Crippen LogP contribution in [0.3, 0.4) is 0 Å². The number of fused-ring (bicyclic) bond motifs is 1. The van der Waals surface area contributed by atoms with E-state index in [1.54, 1.807) is 0 Å². The van der Waals surface area contributed by atoms with Crippen molar-refractivity contribution in [1.82, 2.24) is 10.2 Å². The first kappa shape index (κ1) is 26.2. The van der Waals surface area contributed by atoms with Crippen molar-refractivity contribution in [2.75, 3.05) is 64.1 Å². The highest BCUT2D eigenvalue weighted by Crippen LogP contribution is 2.38. The quantitative estimate of drug-likeness (QED) is 0.202. The number of halogens is 1. The summed E-state index contributed by atoms with van der Waals surface area (Å²) in [6, 6.07) is 8.64. The minimum absolute atomic E-state index is 0. The number of hydrogen-bond donors (Lipinski definition) is 1. The number of amides is 1. The lowest BCUT2D eigenvalue weighted by molar-refractivity contribution is -0.127. The summed E-state index contributed by atoms with van der Waals surface area (Å²) >= 11 is 0. The van der Waals surface area contributed by atoms with Crippen molar-refractivity contribution in [2.24, 2.45) is 10.9 Å². The maximum Gasteiger partial charge on any atom is 0.222 e. The number of anilines is 1. The normalized spacial score (nSPS) is 22.6. The number of nitrogens with zero attached hydrogens (tertiary/aromatic N) is 3. The Morgan fingerprint density at radius 1 is 1.33 bits per heavy atom. The standard InChI is InChI=1S/C25H38N4O3.HI/c1-2-26-25(27-12-6-15-31-18-20-11-16-32-19-20)29-17-21(22-7-3-4-8-23(22)29)10-14-28-13-5-9-24(28)30;/h3-4,7-8,20-21H,2,5-6,9-19H2,1H3,(H,26,27);1H. The SMILES string of the molecule is CCNC(=NCCCOCC1CCOC1)N1CC(CCN2CCCC2=O)c2ccccc21.I. The van der Waals surface area contributed by atoms with Crippen LogP contribution < -0.4 is 10.2 Å². The van der Waals surface area contributed by atoms with Crippen molar-refractivity contribution in [1.29, 1.82) is 0 Å². The van der Waals surface area contributed by atoms with E-state index < -0.39 is 0 Å². The molecule has 0 saturated carbocycles. The molecule has 3 aliphatic heterocycles. The summed E-state index contributed by atoms with van der Waals surface area (Å²) in [6.07, 6.45) is 4.74. The largest absolute Gasteiger partial charge is 0.381 e. The second-order valence-corrected chi connectivity index (χ2v) is 9.03. The zero-order valence-corrected chi connectivity index (χ0v) is 22.2. The molecule has 0 spiro atoms. The number of benzene rings is 1. The number of guanidine groups is 1. The maximum absolute atomic E-state index is 12.0. The van der Waals surface area contributed by atoms with Crippen molar-refractivity contribution in [3.63, 3.8) is 0 Å². The summed E-state index contributed by atoms with van der Waals surface area (Å²) in [5.41, 5.74) is 2.61. The molecule has 1 aromatic rings. The van der Waals surface area contributed by atoms with Crippen LogP contribution in [0, 0.1) is 5.92 Å². The lowest BCUT2D eigenvalue weighted by Gasteiger charge is -2.23. The molecule has 1 amide bonds. The molecule has 0 bridgehead atoms. The van der Waals surface area contributed by atoms with Gasteiger partial charge in [0.05, 0.1) is 13.2 Å². The molecular formula is C25H39IN4O3. The van der Waals surface area contributed by atoms with Crippen LogP contribution in [-0.2, 0) is 14.3 Å². The van der Waals surface area contributed by atoms with Gasteiger partial charge in [0.2, 0.25) is 5.91 Å². The van der Waals surface area contributed by atoms with E-state index in [1.807, 2.05) is 4.90 Å². The molecule has 2 atom stereocenters. The molecule has 3 aliphatic rings. The van der Waals surface area contributed by atoms with Crippen molar-refractivity contribution in [3.05, 3.63) is 29.8 Å². The molecule has 0 aliphatic carbocycles. The predicted molar refractivity (Wildman–Crippen MR) is 143 cm³/mol. The van der Waals surface area contributed by atoms with Gasteiger partial charge in [-0.15, -0.1) is 24.0 Å². The van der Waals surface area contributed by atoms with Gasteiger partial charge in [-0.3, -0.25) is 9.79 Å². The van der Waals surface area contributed by atoms with Gasteiger partial charge in [-0.1, -0.05) is 18.2 Å². The fraction of sp³-hybridized carbons (Fsp3) is 0.680. The molecule has 4 rings (SSSR count). The van der Waals surface area contributed by atoms with Gasteiger partial charge < -0.3 is 24.6 Å². The van der Waals surface area contributed by atoms with E-state index >= 15 is 0 Å². The fourth-order valence-corrected chi connectivity index (χ4v) is 4.91. The van der Waals surface area contributed by atoms with Gasteiger partial charge in [0.25, 0.3) is 0 Å². The number of carbonyl (C=O) groups is 1. The minimum atomic E-state index is 0. The number of aliphatic imine (C=N–C) groups is 1. The van der Waals surface area contributed by atoms with E-state index in [0.29, 0.717) is 24.2 Å². The van der Waals surface area contributed by atoms with E-state index in [2.05, 4.69) is 41.4 Å². The monoisotopic (exact) mass is 570 g/mol. The van der Waals surface area contributed by atoms with Gasteiger partial charge in [0.15, 0.2) is 5.96 Å². The second-order valence-electron chi connectivity index (χ2n) is 9.03. The topological polar surface area (TPSA) is 66.4 Å². The van der Waals surface area contributed by atoms with E-state index in [0.717, 1.165) is 90.8 Å². The minimum Gasteiger partial charge on any atom is -0.381 e. The molecule has 0 radical (unpaired) electrons. The number of ether oxygens (including phenoxy) is 2. The molecule has 7 nitrogen and oxygen atoms in total. The van der Waals surface area contributed by atoms with Crippen molar-refractivity contribution >= 4 is 41.5 Å². The third-order valence-corrected chi connectivity index (χ3v) is 6.67. The Morgan fingerprint density at radius 3 is 2.97 bits per heavy atom. The molecule has 33 heavy (non-hydrogen) atoms. The lowest BCUT2D eigenvalue weighted by atomic mass is 9.98. The number of carbonyl (C=O) groups excluding carboxylic acids is 1. The van der Waals surface area contributed by atoms with Crippen LogP contribution >= 0.6 is 24.0 Å². The van der Waals surface area contributed by atoms with Crippen LogP contribution in [0.5, 0.6) is 0 Å². The molecule has 3 heterocycles. The van der Waals surface area contributed by atoms with Gasteiger partial charge in [0.1, 0.15) is 0 Å². The van der Waals surface area contributed by atoms with Crippen molar-refractivity contribution in [2.45, 2.75) is 44.9 Å². The van der Waals surface area contributed by atoms with Crippen LogP contribution in [0.2, 0.25) is 0 Å². The summed E-state index contributed by atoms with van der Waals surface area (Å²) in [6.45, 7) is 9.61. The summed E-state index contributed by atoms with van der Waals surface area (Å²) in [4.78, 5) is 21.3. The summed E-state index contributed by atoms with van der Waals surface area (Å²) in [5.74, 6) is 2.24. The van der Waals surface area contributed by atoms with Gasteiger partial charge in [-0.2, -0.15) is 0 Å². The predicted octanol–water partition coefficient (Wildman–Crippen LogP) is 3.63. The molecule has 2 fully saturated rings. The van der Waals surface area contributed by atoms with Crippen LogP contribution in [0.25, 0.3) is 0 Å². The van der Waals surface area contributed by atoms with Gasteiger partial charge in [-0.25, -0.2) is 0 Å². The highest BCUT2D eigenvalue weighted by Gasteiger charge is 2.32. The number of rotatable bonds is 10. The number of likely N-dealkylation sites (tertiary alicyclic amines) is 1. The lowest BCUT2D eigenvalue weighted by Crippen LogP contribution is -2.41. The molecule has 0 aromatic heterocycles. The zero-order chi connectivity index (χ0) is 22.2. The highest BCUT2D eigenvalue weighted by molar-refractivity contribution is 14.0. The third-order valence-electron chi connectivity index (χ3n) is 6.67. The fourth-order valence-electron chi connectivity index (χ4n) is 4.91. The van der Waals surface area contributed by atoms with E-state index in [9.17, 15) is 4.79 Å². The Kier molecular flexibility index (Phi) is 10.7. The maximum atomic E-state index is 12.0. The highest BCUT2D eigenvalue weighted by atomic mass is 127. The summed E-state index contributed by atoms with van der Waals surface area (Å²) in [7, 11) is 0. The van der Waals surface area contributed by atoms with E-state index in [1.165, 1.54) is 11.3 Å². The Morgan fingerprint density at radius 2 is 2.21 bits per heavy atom. The van der Waals surface area contributed by atoms with Gasteiger partial charge >= 0.3 is 0 Å². The molecule has 2 saturated heterocycles. The van der Waals surface area contributed by atoms with E-state index in [-0.39, 0.29) is 24.0 Å².